The zero-order chi connectivity index (χ0) is 15.0. The van der Waals surface area contributed by atoms with Gasteiger partial charge in [0.2, 0.25) is 0 Å². The van der Waals surface area contributed by atoms with Gasteiger partial charge in [-0.25, -0.2) is 4.39 Å². The van der Waals surface area contributed by atoms with Gasteiger partial charge < -0.3 is 15.0 Å². The molecule has 1 aromatic rings. The summed E-state index contributed by atoms with van der Waals surface area (Å²) in [5.41, 5.74) is 1.23. The van der Waals surface area contributed by atoms with E-state index in [1.807, 2.05) is 13.0 Å². The Labute approximate surface area is 126 Å². The van der Waals surface area contributed by atoms with Crippen LogP contribution in [0.25, 0.3) is 0 Å². The van der Waals surface area contributed by atoms with Gasteiger partial charge in [0.1, 0.15) is 0 Å². The van der Waals surface area contributed by atoms with E-state index < -0.39 is 0 Å². The number of hydrogen-bond acceptors (Lipinski definition) is 3. The number of benzene rings is 1. The molecule has 4 rings (SSSR count). The Bertz CT molecular complexity index is 518. The summed E-state index contributed by atoms with van der Waals surface area (Å²) in [6.45, 7) is 10.1. The number of rotatable bonds is 3. The average molecular weight is 292 g/mol. The predicted molar refractivity (Wildman–Crippen MR) is 83.5 cm³/mol. The highest BCUT2D eigenvalue weighted by atomic mass is 19.1. The van der Waals surface area contributed by atoms with Gasteiger partial charge in [-0.05, 0) is 43.4 Å². The van der Waals surface area contributed by atoms with Crippen molar-refractivity contribution in [2.24, 2.45) is 11.3 Å². The molecule has 0 radical (unpaired) electrons. The molecule has 116 valence electrons. The summed E-state index contributed by atoms with van der Waals surface area (Å²) < 4.78 is 19.5. The fourth-order valence-electron chi connectivity index (χ4n) is 3.95. The molecule has 0 aliphatic carbocycles. The van der Waals surface area contributed by atoms with E-state index >= 15 is 0 Å². The minimum atomic E-state index is -0.264. The van der Waals surface area contributed by atoms with Crippen molar-refractivity contribution in [2.75, 3.05) is 31.1 Å². The zero-order valence-corrected chi connectivity index (χ0v) is 13.2. The first kappa shape index (κ1) is 14.6. The second kappa shape index (κ2) is 5.48. The smallest absolute Gasteiger partial charge is 0.167 e. The van der Waals surface area contributed by atoms with Gasteiger partial charge in [-0.15, -0.1) is 0 Å². The van der Waals surface area contributed by atoms with Gasteiger partial charge in [-0.2, -0.15) is 0 Å². The lowest BCUT2D eigenvalue weighted by atomic mass is 9.73. The number of hydrogen-bond donors (Lipinski definition) is 1. The molecule has 4 heteroatoms. The first-order valence-corrected chi connectivity index (χ1v) is 7.91. The molecule has 1 N–H and O–H groups in total. The van der Waals surface area contributed by atoms with E-state index in [-0.39, 0.29) is 11.2 Å². The van der Waals surface area contributed by atoms with Crippen LogP contribution < -0.4 is 15.0 Å². The zero-order valence-electron chi connectivity index (χ0n) is 13.2. The summed E-state index contributed by atoms with van der Waals surface area (Å²) in [7, 11) is 0. The third-order valence-corrected chi connectivity index (χ3v) is 4.87. The first-order valence-electron chi connectivity index (χ1n) is 7.91. The van der Waals surface area contributed by atoms with Crippen molar-refractivity contribution in [1.82, 2.24) is 5.32 Å². The second-order valence-electron chi connectivity index (χ2n) is 6.93. The predicted octanol–water partition coefficient (Wildman–Crippen LogP) is 3.05. The molecule has 3 fully saturated rings. The number of fused-ring (bicyclic) bond motifs is 4. The van der Waals surface area contributed by atoms with Gasteiger partial charge in [0, 0.05) is 30.9 Å². The van der Waals surface area contributed by atoms with Crippen molar-refractivity contribution in [3.05, 3.63) is 24.0 Å². The molecule has 3 aliphatic heterocycles. The van der Waals surface area contributed by atoms with Crippen molar-refractivity contribution in [3.8, 4) is 5.75 Å². The van der Waals surface area contributed by atoms with Gasteiger partial charge in [-0.3, -0.25) is 0 Å². The number of nitrogens with zero attached hydrogens (tertiary/aromatic N) is 1. The highest BCUT2D eigenvalue weighted by molar-refractivity contribution is 5.52. The van der Waals surface area contributed by atoms with E-state index in [0.29, 0.717) is 24.3 Å². The van der Waals surface area contributed by atoms with Crippen molar-refractivity contribution in [2.45, 2.75) is 33.2 Å². The van der Waals surface area contributed by atoms with E-state index in [0.717, 1.165) is 25.3 Å². The van der Waals surface area contributed by atoms with Crippen LogP contribution in [0.15, 0.2) is 18.2 Å². The quantitative estimate of drug-likeness (QED) is 0.926. The Balaban J connectivity index is 1.91. The van der Waals surface area contributed by atoms with Crippen LogP contribution in [0.5, 0.6) is 5.75 Å². The standard InChI is InChI=1S/C17H25FN2O/c1-4-21-15-6-5-13(7-14(15)18)20-11-12-8-17(2,3)16(20)10-19-9-12/h5-7,12,16,19H,4,8-11H2,1-3H3/t12-,16-/m1/s1. The van der Waals surface area contributed by atoms with Crippen LogP contribution in [0.1, 0.15) is 27.2 Å². The van der Waals surface area contributed by atoms with Crippen LogP contribution in [-0.2, 0) is 0 Å². The molecule has 21 heavy (non-hydrogen) atoms. The molecule has 2 bridgehead atoms. The van der Waals surface area contributed by atoms with Crippen LogP contribution in [0, 0.1) is 17.2 Å². The lowest BCUT2D eigenvalue weighted by Gasteiger charge is -2.48. The molecular formula is C17H25FN2O. The lowest BCUT2D eigenvalue weighted by Crippen LogP contribution is -2.53. The Hall–Kier alpha value is -1.29. The average Bonchev–Trinajstić information content (AvgIpc) is 2.71. The van der Waals surface area contributed by atoms with Gasteiger partial charge in [0.05, 0.1) is 6.61 Å². The molecule has 0 unspecified atom stereocenters. The molecule has 2 atom stereocenters. The van der Waals surface area contributed by atoms with Crippen LogP contribution in [0.4, 0.5) is 10.1 Å². The normalized spacial score (nSPS) is 27.5. The maximum absolute atomic E-state index is 14.2. The molecule has 0 aromatic heterocycles. The van der Waals surface area contributed by atoms with Crippen LogP contribution >= 0.6 is 0 Å². The fourth-order valence-corrected chi connectivity index (χ4v) is 3.95. The Morgan fingerprint density at radius 3 is 2.90 bits per heavy atom. The summed E-state index contributed by atoms with van der Waals surface area (Å²) in [4.78, 5) is 2.38. The highest BCUT2D eigenvalue weighted by Gasteiger charge is 2.43. The Kier molecular flexibility index (Phi) is 3.82. The molecule has 0 spiro atoms. The second-order valence-corrected chi connectivity index (χ2v) is 6.93. The molecule has 3 nitrogen and oxygen atoms in total. The van der Waals surface area contributed by atoms with Crippen LogP contribution in [0.2, 0.25) is 0 Å². The summed E-state index contributed by atoms with van der Waals surface area (Å²) in [6, 6.07) is 5.79. The minimum absolute atomic E-state index is 0.251. The third-order valence-electron chi connectivity index (χ3n) is 4.87. The number of halogens is 1. The molecule has 1 aromatic carbocycles. The number of ether oxygens (including phenoxy) is 1. The van der Waals surface area contributed by atoms with Crippen molar-refractivity contribution in [1.29, 1.82) is 0 Å². The summed E-state index contributed by atoms with van der Waals surface area (Å²) in [5.74, 6) is 0.715. The van der Waals surface area contributed by atoms with Crippen LogP contribution in [-0.4, -0.2) is 32.3 Å². The Morgan fingerprint density at radius 1 is 1.38 bits per heavy atom. The van der Waals surface area contributed by atoms with E-state index in [1.165, 1.54) is 6.42 Å². The molecule has 0 saturated carbocycles. The first-order chi connectivity index (χ1) is 10.0. The number of piperidine rings is 1. The monoisotopic (exact) mass is 292 g/mol. The molecule has 0 amide bonds. The molecule has 3 heterocycles. The molecular weight excluding hydrogens is 267 g/mol. The topological polar surface area (TPSA) is 24.5 Å². The van der Waals surface area contributed by atoms with Crippen molar-refractivity contribution in [3.63, 3.8) is 0 Å². The fraction of sp³-hybridized carbons (Fsp3) is 0.647. The summed E-state index contributed by atoms with van der Waals surface area (Å²) in [6.07, 6.45) is 1.24. The van der Waals surface area contributed by atoms with Gasteiger partial charge in [0.15, 0.2) is 11.6 Å². The van der Waals surface area contributed by atoms with Gasteiger partial charge in [-0.1, -0.05) is 13.8 Å². The van der Waals surface area contributed by atoms with E-state index in [2.05, 4.69) is 24.1 Å². The lowest BCUT2D eigenvalue weighted by molar-refractivity contribution is 0.192. The van der Waals surface area contributed by atoms with E-state index in [4.69, 9.17) is 4.74 Å². The van der Waals surface area contributed by atoms with Crippen molar-refractivity contribution >= 4 is 5.69 Å². The SMILES string of the molecule is CCOc1ccc(N2C[C@H]3CNC[C@@H]2C(C)(C)C3)cc1F. The maximum atomic E-state index is 14.2. The maximum Gasteiger partial charge on any atom is 0.167 e. The summed E-state index contributed by atoms with van der Waals surface area (Å²) >= 11 is 0. The van der Waals surface area contributed by atoms with E-state index in [1.54, 1.807) is 12.1 Å². The highest BCUT2D eigenvalue weighted by Crippen LogP contribution is 2.41. The number of anilines is 1. The number of nitrogens with one attached hydrogen (secondary N) is 1. The Morgan fingerprint density at radius 2 is 2.19 bits per heavy atom. The summed E-state index contributed by atoms with van der Waals surface area (Å²) in [5, 5.41) is 3.55. The molecule has 3 saturated heterocycles. The van der Waals surface area contributed by atoms with Gasteiger partial charge in [0.25, 0.3) is 0 Å². The van der Waals surface area contributed by atoms with Gasteiger partial charge >= 0.3 is 0 Å². The molecule has 3 aliphatic rings. The van der Waals surface area contributed by atoms with Crippen molar-refractivity contribution < 1.29 is 9.13 Å². The third kappa shape index (κ3) is 2.73. The largest absolute Gasteiger partial charge is 0.491 e. The minimum Gasteiger partial charge on any atom is -0.491 e. The van der Waals surface area contributed by atoms with E-state index in [9.17, 15) is 4.39 Å². The van der Waals surface area contributed by atoms with Crippen LogP contribution in [0.3, 0.4) is 0 Å².